The number of nitrogens with two attached hydrogens (primary N) is 1. The Balaban J connectivity index is 1.79. The number of aryl methyl sites for hydroxylation is 1. The van der Waals surface area contributed by atoms with Crippen LogP contribution in [0.5, 0.6) is 0 Å². The first-order valence-electron chi connectivity index (χ1n) is 6.53. The van der Waals surface area contributed by atoms with Gasteiger partial charge in [-0.05, 0) is 42.3 Å². The third-order valence-corrected chi connectivity index (χ3v) is 3.51. The van der Waals surface area contributed by atoms with Crippen molar-refractivity contribution in [2.24, 2.45) is 0 Å². The van der Waals surface area contributed by atoms with E-state index >= 15 is 0 Å². The summed E-state index contributed by atoms with van der Waals surface area (Å²) in [4.78, 5) is 11.8. The molecule has 2 aromatic carbocycles. The van der Waals surface area contributed by atoms with E-state index in [4.69, 9.17) is 10.5 Å². The largest absolute Gasteiger partial charge is 0.398 e. The van der Waals surface area contributed by atoms with Crippen LogP contribution in [0.15, 0.2) is 46.9 Å². The molecule has 0 unspecified atom stereocenters. The highest BCUT2D eigenvalue weighted by Gasteiger charge is 2.04. The molecule has 21 heavy (non-hydrogen) atoms. The molecule has 0 radical (unpaired) electrons. The van der Waals surface area contributed by atoms with Crippen LogP contribution < -0.4 is 11.1 Å². The minimum atomic E-state index is -0.199. The molecule has 0 saturated carbocycles. The molecule has 0 aromatic heterocycles. The van der Waals surface area contributed by atoms with Gasteiger partial charge in [-0.3, -0.25) is 4.79 Å². The van der Waals surface area contributed by atoms with Crippen LogP contribution in [0, 0.1) is 6.92 Å². The van der Waals surface area contributed by atoms with E-state index in [1.807, 2.05) is 43.3 Å². The molecule has 0 heterocycles. The predicted octanol–water partition coefficient (Wildman–Crippen LogP) is 3.50. The fourth-order valence-corrected chi connectivity index (χ4v) is 2.02. The molecule has 0 aliphatic rings. The summed E-state index contributed by atoms with van der Waals surface area (Å²) in [5.74, 6) is -0.199. The molecule has 0 aliphatic carbocycles. The molecular weight excluding hydrogens is 332 g/mol. The lowest BCUT2D eigenvalue weighted by atomic mass is 10.2. The summed E-state index contributed by atoms with van der Waals surface area (Å²) in [6, 6.07) is 13.2. The van der Waals surface area contributed by atoms with E-state index in [2.05, 4.69) is 21.2 Å². The van der Waals surface area contributed by atoms with E-state index in [1.54, 1.807) is 6.07 Å². The van der Waals surface area contributed by atoms with Crippen molar-refractivity contribution in [3.63, 3.8) is 0 Å². The molecule has 4 nitrogen and oxygen atoms in total. The Labute approximate surface area is 132 Å². The lowest BCUT2D eigenvalue weighted by molar-refractivity contribution is -0.121. The number of rotatable bonds is 5. The van der Waals surface area contributed by atoms with Gasteiger partial charge in [0, 0.05) is 15.8 Å². The Morgan fingerprint density at radius 3 is 2.62 bits per heavy atom. The van der Waals surface area contributed by atoms with Gasteiger partial charge < -0.3 is 15.8 Å². The summed E-state index contributed by atoms with van der Waals surface area (Å²) in [6.45, 7) is 2.32. The Bertz CT molecular complexity index is 627. The number of hydrogen-bond acceptors (Lipinski definition) is 3. The number of carbonyl (C=O) groups excluding carboxylic acids is 1. The van der Waals surface area contributed by atoms with E-state index < -0.39 is 0 Å². The maximum absolute atomic E-state index is 11.8. The topological polar surface area (TPSA) is 64.3 Å². The van der Waals surface area contributed by atoms with Gasteiger partial charge in [0.15, 0.2) is 0 Å². The molecule has 0 saturated heterocycles. The smallest absolute Gasteiger partial charge is 0.250 e. The second-order valence-electron chi connectivity index (χ2n) is 4.74. The van der Waals surface area contributed by atoms with Crippen molar-refractivity contribution in [2.45, 2.75) is 13.5 Å². The highest BCUT2D eigenvalue weighted by atomic mass is 79.9. The lowest BCUT2D eigenvalue weighted by Gasteiger charge is -2.08. The summed E-state index contributed by atoms with van der Waals surface area (Å²) in [5, 5.41) is 2.75. The third kappa shape index (κ3) is 4.88. The minimum absolute atomic E-state index is 0.00381. The van der Waals surface area contributed by atoms with Crippen LogP contribution in [0.4, 0.5) is 11.4 Å². The summed E-state index contributed by atoms with van der Waals surface area (Å²) in [5.41, 5.74) is 9.14. The number of halogens is 1. The molecule has 0 fully saturated rings. The van der Waals surface area contributed by atoms with E-state index in [1.165, 1.54) is 0 Å². The zero-order chi connectivity index (χ0) is 15.2. The molecule has 2 rings (SSSR count). The van der Waals surface area contributed by atoms with Gasteiger partial charge in [0.1, 0.15) is 6.61 Å². The van der Waals surface area contributed by atoms with Crippen molar-refractivity contribution in [2.75, 3.05) is 17.7 Å². The van der Waals surface area contributed by atoms with Gasteiger partial charge in [0.05, 0.1) is 6.61 Å². The highest BCUT2D eigenvalue weighted by Crippen LogP contribution is 2.16. The quantitative estimate of drug-likeness (QED) is 0.812. The van der Waals surface area contributed by atoms with E-state index in [0.717, 1.165) is 15.6 Å². The van der Waals surface area contributed by atoms with Gasteiger partial charge in [-0.2, -0.15) is 0 Å². The molecule has 0 atom stereocenters. The SMILES string of the molecule is Cc1ccc(NC(=O)COCc2ccc(Br)cc2)cc1N. The zero-order valence-corrected chi connectivity index (χ0v) is 13.3. The number of ether oxygens (including phenoxy) is 1. The second-order valence-corrected chi connectivity index (χ2v) is 5.65. The minimum Gasteiger partial charge on any atom is -0.398 e. The Kier molecular flexibility index (Phi) is 5.36. The molecule has 0 spiro atoms. The van der Waals surface area contributed by atoms with E-state index in [-0.39, 0.29) is 12.5 Å². The van der Waals surface area contributed by atoms with Gasteiger partial charge >= 0.3 is 0 Å². The molecule has 1 amide bonds. The first kappa shape index (κ1) is 15.5. The van der Waals surface area contributed by atoms with Gasteiger partial charge in [-0.15, -0.1) is 0 Å². The second kappa shape index (κ2) is 7.24. The number of carbonyl (C=O) groups is 1. The average molecular weight is 349 g/mol. The monoisotopic (exact) mass is 348 g/mol. The van der Waals surface area contributed by atoms with Crippen molar-refractivity contribution in [1.29, 1.82) is 0 Å². The number of benzene rings is 2. The number of hydrogen-bond donors (Lipinski definition) is 2. The first-order valence-corrected chi connectivity index (χ1v) is 7.32. The molecule has 110 valence electrons. The van der Waals surface area contributed by atoms with E-state index in [9.17, 15) is 4.79 Å². The normalized spacial score (nSPS) is 10.4. The highest BCUT2D eigenvalue weighted by molar-refractivity contribution is 9.10. The van der Waals surface area contributed by atoms with Crippen LogP contribution >= 0.6 is 15.9 Å². The standard InChI is InChI=1S/C16H17BrN2O2/c1-11-2-7-14(8-15(11)18)19-16(20)10-21-9-12-3-5-13(17)6-4-12/h2-8H,9-10,18H2,1H3,(H,19,20). The number of amides is 1. The predicted molar refractivity (Wildman–Crippen MR) is 88.0 cm³/mol. The molecular formula is C16H17BrN2O2. The van der Waals surface area contributed by atoms with Crippen LogP contribution in [-0.2, 0) is 16.1 Å². The molecule has 0 aliphatic heterocycles. The molecule has 3 N–H and O–H groups in total. The van der Waals surface area contributed by atoms with Crippen molar-refractivity contribution in [3.8, 4) is 0 Å². The van der Waals surface area contributed by atoms with Crippen LogP contribution in [0.1, 0.15) is 11.1 Å². The number of nitrogen functional groups attached to an aromatic ring is 1. The zero-order valence-electron chi connectivity index (χ0n) is 11.7. The lowest BCUT2D eigenvalue weighted by Crippen LogP contribution is -2.18. The van der Waals surface area contributed by atoms with Crippen LogP contribution in [0.25, 0.3) is 0 Å². The van der Waals surface area contributed by atoms with Gasteiger partial charge in [-0.1, -0.05) is 34.1 Å². The van der Waals surface area contributed by atoms with Gasteiger partial charge in [0.25, 0.3) is 0 Å². The van der Waals surface area contributed by atoms with Gasteiger partial charge in [0.2, 0.25) is 5.91 Å². The van der Waals surface area contributed by atoms with Crippen LogP contribution in [0.3, 0.4) is 0 Å². The molecule has 5 heteroatoms. The Hall–Kier alpha value is -1.85. The van der Waals surface area contributed by atoms with Crippen molar-refractivity contribution in [1.82, 2.24) is 0 Å². The summed E-state index contributed by atoms with van der Waals surface area (Å²) in [7, 11) is 0. The number of anilines is 2. The fourth-order valence-electron chi connectivity index (χ4n) is 1.76. The van der Waals surface area contributed by atoms with E-state index in [0.29, 0.717) is 18.0 Å². The van der Waals surface area contributed by atoms with Crippen molar-refractivity contribution in [3.05, 3.63) is 58.1 Å². The maximum atomic E-state index is 11.8. The van der Waals surface area contributed by atoms with Crippen molar-refractivity contribution >= 4 is 33.2 Å². The third-order valence-electron chi connectivity index (χ3n) is 2.98. The van der Waals surface area contributed by atoms with Crippen molar-refractivity contribution < 1.29 is 9.53 Å². The average Bonchev–Trinajstić information content (AvgIpc) is 2.45. The Morgan fingerprint density at radius 1 is 1.24 bits per heavy atom. The molecule has 0 bridgehead atoms. The summed E-state index contributed by atoms with van der Waals surface area (Å²) < 4.78 is 6.40. The fraction of sp³-hybridized carbons (Fsp3) is 0.188. The Morgan fingerprint density at radius 2 is 1.95 bits per heavy atom. The maximum Gasteiger partial charge on any atom is 0.250 e. The first-order chi connectivity index (χ1) is 10.0. The van der Waals surface area contributed by atoms with Gasteiger partial charge in [-0.25, -0.2) is 0 Å². The molecule has 2 aromatic rings. The summed E-state index contributed by atoms with van der Waals surface area (Å²) >= 11 is 3.37. The van der Waals surface area contributed by atoms with Crippen LogP contribution in [-0.4, -0.2) is 12.5 Å². The number of nitrogens with one attached hydrogen (secondary N) is 1. The van der Waals surface area contributed by atoms with Crippen LogP contribution in [0.2, 0.25) is 0 Å². The summed E-state index contributed by atoms with van der Waals surface area (Å²) in [6.07, 6.45) is 0.